The van der Waals surface area contributed by atoms with Gasteiger partial charge in [-0.2, -0.15) is 13.2 Å². The molecule has 0 atom stereocenters. The van der Waals surface area contributed by atoms with Gasteiger partial charge in [0.15, 0.2) is 0 Å². The van der Waals surface area contributed by atoms with Crippen molar-refractivity contribution in [2.45, 2.75) is 18.0 Å². The van der Waals surface area contributed by atoms with Crippen molar-refractivity contribution in [1.82, 2.24) is 4.98 Å². The van der Waals surface area contributed by atoms with Gasteiger partial charge in [0, 0.05) is 11.8 Å². The molecule has 1 N–H and O–H groups in total. The molecule has 0 unspecified atom stereocenters. The first-order valence-corrected chi connectivity index (χ1v) is 9.37. The van der Waals surface area contributed by atoms with Crippen LogP contribution in [0.3, 0.4) is 0 Å². The molecule has 0 spiro atoms. The van der Waals surface area contributed by atoms with Crippen LogP contribution in [0.25, 0.3) is 11.3 Å². The molecule has 140 valence electrons. The number of rotatable bonds is 4. The summed E-state index contributed by atoms with van der Waals surface area (Å²) in [5, 5.41) is 0. The third-order valence-corrected chi connectivity index (χ3v) is 5.24. The topological polar surface area (TPSA) is 59.1 Å². The molecule has 0 aliphatic carbocycles. The van der Waals surface area contributed by atoms with Gasteiger partial charge in [-0.25, -0.2) is 8.42 Å². The molecule has 2 aromatic carbocycles. The standard InChI is InChI=1S/C19H15F3N2O2S/c1-13-5-8-15(9-6-13)27(25,26)24-18-12-14(19(20,21)22)7-10-16(18)17-4-2-3-11-23-17/h2-12,24H,1H3. The summed E-state index contributed by atoms with van der Waals surface area (Å²) in [7, 11) is -4.07. The van der Waals surface area contributed by atoms with Crippen LogP contribution in [-0.4, -0.2) is 13.4 Å². The van der Waals surface area contributed by atoms with Gasteiger partial charge in [0.2, 0.25) is 0 Å². The second kappa shape index (κ2) is 7.03. The maximum atomic E-state index is 13.1. The molecule has 8 heteroatoms. The fraction of sp³-hybridized carbons (Fsp3) is 0.105. The molecular weight excluding hydrogens is 377 g/mol. The first-order chi connectivity index (χ1) is 12.7. The minimum atomic E-state index is -4.60. The molecule has 3 rings (SSSR count). The highest BCUT2D eigenvalue weighted by Gasteiger charge is 2.31. The fourth-order valence-electron chi connectivity index (χ4n) is 2.47. The summed E-state index contributed by atoms with van der Waals surface area (Å²) < 4.78 is 66.9. The van der Waals surface area contributed by atoms with Gasteiger partial charge in [-0.15, -0.1) is 0 Å². The summed E-state index contributed by atoms with van der Waals surface area (Å²) in [6.07, 6.45) is -3.13. The number of nitrogens with zero attached hydrogens (tertiary/aromatic N) is 1. The van der Waals surface area contributed by atoms with Crippen LogP contribution in [0.15, 0.2) is 71.8 Å². The number of aryl methyl sites for hydroxylation is 1. The van der Waals surface area contributed by atoms with Crippen molar-refractivity contribution in [2.24, 2.45) is 0 Å². The molecular formula is C19H15F3N2O2S. The van der Waals surface area contributed by atoms with Crippen LogP contribution < -0.4 is 4.72 Å². The summed E-state index contributed by atoms with van der Waals surface area (Å²) in [6.45, 7) is 1.80. The molecule has 0 aliphatic rings. The highest BCUT2D eigenvalue weighted by molar-refractivity contribution is 7.92. The molecule has 0 bridgehead atoms. The number of anilines is 1. The van der Waals surface area contributed by atoms with E-state index in [-0.39, 0.29) is 16.1 Å². The van der Waals surface area contributed by atoms with Crippen LogP contribution in [0.1, 0.15) is 11.1 Å². The molecule has 0 saturated heterocycles. The number of halogens is 3. The Hall–Kier alpha value is -2.87. The largest absolute Gasteiger partial charge is 0.416 e. The molecule has 0 radical (unpaired) electrons. The highest BCUT2D eigenvalue weighted by atomic mass is 32.2. The lowest BCUT2D eigenvalue weighted by Crippen LogP contribution is -2.15. The maximum absolute atomic E-state index is 13.1. The third-order valence-electron chi connectivity index (χ3n) is 3.86. The zero-order chi connectivity index (χ0) is 19.7. The Morgan fingerprint density at radius 2 is 1.67 bits per heavy atom. The van der Waals surface area contributed by atoms with Crippen LogP contribution in [0.4, 0.5) is 18.9 Å². The first kappa shape index (κ1) is 18.9. The van der Waals surface area contributed by atoms with Gasteiger partial charge in [-0.1, -0.05) is 29.8 Å². The number of benzene rings is 2. The van der Waals surface area contributed by atoms with E-state index < -0.39 is 21.8 Å². The number of aromatic nitrogens is 1. The van der Waals surface area contributed by atoms with Crippen LogP contribution in [0.2, 0.25) is 0 Å². The zero-order valence-electron chi connectivity index (χ0n) is 14.2. The van der Waals surface area contributed by atoms with Crippen molar-refractivity contribution in [3.8, 4) is 11.3 Å². The molecule has 0 saturated carbocycles. The Morgan fingerprint density at radius 1 is 0.963 bits per heavy atom. The smallest absolute Gasteiger partial charge is 0.279 e. The van der Waals surface area contributed by atoms with Crippen molar-refractivity contribution in [3.63, 3.8) is 0 Å². The molecule has 3 aromatic rings. The summed E-state index contributed by atoms with van der Waals surface area (Å²) >= 11 is 0. The van der Waals surface area contributed by atoms with Gasteiger partial charge in [0.25, 0.3) is 10.0 Å². The van der Waals surface area contributed by atoms with Gasteiger partial charge in [-0.3, -0.25) is 9.71 Å². The van der Waals surface area contributed by atoms with Crippen LogP contribution in [0.5, 0.6) is 0 Å². The van der Waals surface area contributed by atoms with E-state index >= 15 is 0 Å². The number of alkyl halides is 3. The summed E-state index contributed by atoms with van der Waals surface area (Å²) in [4.78, 5) is 4.06. The van der Waals surface area contributed by atoms with Gasteiger partial charge >= 0.3 is 6.18 Å². The number of pyridine rings is 1. The molecule has 0 fully saturated rings. The lowest BCUT2D eigenvalue weighted by Gasteiger charge is -2.15. The van der Waals surface area contributed by atoms with E-state index in [9.17, 15) is 21.6 Å². The van der Waals surface area contributed by atoms with Crippen LogP contribution in [-0.2, 0) is 16.2 Å². The van der Waals surface area contributed by atoms with E-state index in [1.165, 1.54) is 24.4 Å². The normalized spacial score (nSPS) is 12.0. The quantitative estimate of drug-likeness (QED) is 0.689. The second-order valence-electron chi connectivity index (χ2n) is 5.89. The number of hydrogen-bond acceptors (Lipinski definition) is 3. The Balaban J connectivity index is 2.10. The highest BCUT2D eigenvalue weighted by Crippen LogP contribution is 2.36. The Morgan fingerprint density at radius 3 is 2.26 bits per heavy atom. The van der Waals surface area contributed by atoms with E-state index in [2.05, 4.69) is 9.71 Å². The van der Waals surface area contributed by atoms with Crippen LogP contribution >= 0.6 is 0 Å². The average Bonchev–Trinajstić information content (AvgIpc) is 2.62. The number of hydrogen-bond donors (Lipinski definition) is 1. The molecule has 27 heavy (non-hydrogen) atoms. The van der Waals surface area contributed by atoms with Crippen molar-refractivity contribution in [1.29, 1.82) is 0 Å². The average molecular weight is 392 g/mol. The molecule has 1 heterocycles. The molecule has 1 aromatic heterocycles. The van der Waals surface area contributed by atoms with E-state index in [1.54, 1.807) is 37.3 Å². The lowest BCUT2D eigenvalue weighted by atomic mass is 10.1. The Bertz CT molecular complexity index is 1050. The molecule has 0 aliphatic heterocycles. The lowest BCUT2D eigenvalue weighted by molar-refractivity contribution is -0.137. The van der Waals surface area contributed by atoms with Gasteiger partial charge in [0.05, 0.1) is 21.8 Å². The monoisotopic (exact) mass is 392 g/mol. The summed E-state index contributed by atoms with van der Waals surface area (Å²) in [5.41, 5.74) is 0.321. The van der Waals surface area contributed by atoms with Gasteiger partial charge < -0.3 is 0 Å². The minimum absolute atomic E-state index is 0.0440. The number of nitrogens with one attached hydrogen (secondary N) is 1. The zero-order valence-corrected chi connectivity index (χ0v) is 15.0. The van der Waals surface area contributed by atoms with E-state index in [0.717, 1.165) is 17.7 Å². The predicted molar refractivity (Wildman–Crippen MR) is 96.7 cm³/mol. The van der Waals surface area contributed by atoms with Gasteiger partial charge in [0.1, 0.15) is 0 Å². The van der Waals surface area contributed by atoms with Crippen molar-refractivity contribution in [3.05, 3.63) is 78.0 Å². The first-order valence-electron chi connectivity index (χ1n) is 7.89. The minimum Gasteiger partial charge on any atom is -0.279 e. The summed E-state index contributed by atoms with van der Waals surface area (Å²) in [5.74, 6) is 0. The van der Waals surface area contributed by atoms with Gasteiger partial charge in [-0.05, 0) is 43.3 Å². The SMILES string of the molecule is Cc1ccc(S(=O)(=O)Nc2cc(C(F)(F)F)ccc2-c2ccccn2)cc1. The Labute approximate surface area is 154 Å². The number of sulfonamides is 1. The third kappa shape index (κ3) is 4.28. The fourth-order valence-corrected chi connectivity index (χ4v) is 3.54. The van der Waals surface area contributed by atoms with E-state index in [1.807, 2.05) is 0 Å². The van der Waals surface area contributed by atoms with Crippen molar-refractivity contribution >= 4 is 15.7 Å². The molecule has 4 nitrogen and oxygen atoms in total. The predicted octanol–water partition coefficient (Wildman–Crippen LogP) is 4.88. The van der Waals surface area contributed by atoms with Crippen LogP contribution in [0, 0.1) is 6.92 Å². The second-order valence-corrected chi connectivity index (χ2v) is 7.57. The summed E-state index contributed by atoms with van der Waals surface area (Å²) in [6, 6.07) is 13.8. The van der Waals surface area contributed by atoms with E-state index in [4.69, 9.17) is 0 Å². The van der Waals surface area contributed by atoms with E-state index in [0.29, 0.717) is 5.69 Å². The Kier molecular flexibility index (Phi) is 4.93. The van der Waals surface area contributed by atoms with Crippen molar-refractivity contribution < 1.29 is 21.6 Å². The van der Waals surface area contributed by atoms with Crippen molar-refractivity contribution in [2.75, 3.05) is 4.72 Å². The maximum Gasteiger partial charge on any atom is 0.416 e. The molecule has 0 amide bonds.